The highest BCUT2D eigenvalue weighted by Crippen LogP contribution is 2.34. The highest BCUT2D eigenvalue weighted by molar-refractivity contribution is 6.04. The van der Waals surface area contributed by atoms with Gasteiger partial charge in [-0.25, -0.2) is 15.6 Å². The fourth-order valence-electron chi connectivity index (χ4n) is 3.07. The maximum atomic E-state index is 13.1. The van der Waals surface area contributed by atoms with Crippen molar-refractivity contribution in [3.05, 3.63) is 65.9 Å². The third kappa shape index (κ3) is 5.59. The summed E-state index contributed by atoms with van der Waals surface area (Å²) in [6.07, 6.45) is -3.15. The summed E-state index contributed by atoms with van der Waals surface area (Å²) in [5.41, 5.74) is 2.92. The fraction of sp³-hybridized carbons (Fsp3) is 0.0909. The van der Waals surface area contributed by atoms with Crippen molar-refractivity contribution >= 4 is 34.8 Å². The first-order valence-corrected chi connectivity index (χ1v) is 9.65. The van der Waals surface area contributed by atoms with E-state index in [1.54, 1.807) is 30.3 Å². The molecule has 3 rings (SSSR count). The van der Waals surface area contributed by atoms with Crippen LogP contribution in [0.4, 0.5) is 40.8 Å². The largest absolute Gasteiger partial charge is 0.416 e. The summed E-state index contributed by atoms with van der Waals surface area (Å²) >= 11 is 0. The molecule has 6 N–H and O–H groups in total. The summed E-state index contributed by atoms with van der Waals surface area (Å²) < 4.78 is 39.2. The first-order chi connectivity index (χ1) is 16.1. The van der Waals surface area contributed by atoms with Gasteiger partial charge in [0.25, 0.3) is 0 Å². The molecule has 3 aromatic rings. The number of hydrogen-bond acceptors (Lipinski definition) is 6. The highest BCUT2D eigenvalue weighted by Gasteiger charge is 2.31. The van der Waals surface area contributed by atoms with Crippen LogP contribution in [0.5, 0.6) is 0 Å². The number of nitrogens with two attached hydrogens (primary N) is 1. The Balaban J connectivity index is 1.80. The number of anilines is 4. The van der Waals surface area contributed by atoms with Crippen LogP contribution < -0.4 is 27.2 Å². The first kappa shape index (κ1) is 24.0. The van der Waals surface area contributed by atoms with Gasteiger partial charge in [-0.1, -0.05) is 12.1 Å². The van der Waals surface area contributed by atoms with Gasteiger partial charge in [0.2, 0.25) is 5.91 Å². The average Bonchev–Trinajstić information content (AvgIpc) is 2.79. The Morgan fingerprint density at radius 2 is 1.71 bits per heavy atom. The Labute approximate surface area is 191 Å². The van der Waals surface area contributed by atoms with Gasteiger partial charge in [-0.3, -0.25) is 4.79 Å². The molecule has 1 heterocycles. The topological polar surface area (TPSA) is 145 Å². The molecule has 12 heteroatoms. The van der Waals surface area contributed by atoms with E-state index in [0.29, 0.717) is 16.8 Å². The number of pyridine rings is 1. The zero-order valence-electron chi connectivity index (χ0n) is 17.6. The van der Waals surface area contributed by atoms with Gasteiger partial charge in [0.15, 0.2) is 5.82 Å². The number of carbonyl (C=O) groups is 2. The number of nitrogens with one attached hydrogen (secondary N) is 4. The molecule has 3 amide bonds. The number of aromatic nitrogens is 1. The number of urea groups is 1. The molecule has 0 unspecified atom stereocenters. The molecule has 2 aromatic carbocycles. The lowest BCUT2D eigenvalue weighted by Gasteiger charge is -2.15. The number of nitriles is 1. The zero-order chi connectivity index (χ0) is 24.9. The van der Waals surface area contributed by atoms with Crippen LogP contribution in [0.15, 0.2) is 54.7 Å². The number of halogens is 3. The van der Waals surface area contributed by atoms with Gasteiger partial charge < -0.3 is 21.4 Å². The molecule has 0 aliphatic heterocycles. The van der Waals surface area contributed by atoms with Gasteiger partial charge in [-0.2, -0.15) is 18.4 Å². The number of hydrazine groups is 1. The molecular formula is C22H18F3N7O2. The second kappa shape index (κ2) is 9.88. The fourth-order valence-corrected chi connectivity index (χ4v) is 3.07. The predicted octanol–water partition coefficient (Wildman–Crippen LogP) is 4.53. The molecule has 1 aromatic heterocycles. The van der Waals surface area contributed by atoms with Gasteiger partial charge in [-0.05, 0) is 42.0 Å². The number of nitrogens with zero attached hydrogens (tertiary/aromatic N) is 2. The zero-order valence-corrected chi connectivity index (χ0v) is 17.6. The summed E-state index contributed by atoms with van der Waals surface area (Å²) in [7, 11) is 0. The van der Waals surface area contributed by atoms with Gasteiger partial charge in [0.1, 0.15) is 11.6 Å². The van der Waals surface area contributed by atoms with Gasteiger partial charge in [0.05, 0.1) is 16.9 Å². The van der Waals surface area contributed by atoms with Crippen molar-refractivity contribution in [2.75, 3.05) is 21.4 Å². The Morgan fingerprint density at radius 1 is 1.00 bits per heavy atom. The molecule has 0 spiro atoms. The lowest BCUT2D eigenvalue weighted by Crippen LogP contribution is -2.21. The van der Waals surface area contributed by atoms with Crippen molar-refractivity contribution in [3.63, 3.8) is 0 Å². The van der Waals surface area contributed by atoms with E-state index in [1.165, 1.54) is 13.1 Å². The van der Waals surface area contributed by atoms with Crippen LogP contribution in [-0.2, 0) is 11.0 Å². The average molecular weight is 469 g/mol. The minimum atomic E-state index is -4.63. The van der Waals surface area contributed by atoms with Crippen LogP contribution in [-0.4, -0.2) is 16.9 Å². The first-order valence-electron chi connectivity index (χ1n) is 9.65. The number of rotatable bonds is 5. The van der Waals surface area contributed by atoms with Crippen LogP contribution in [0.3, 0.4) is 0 Å². The van der Waals surface area contributed by atoms with Gasteiger partial charge in [0, 0.05) is 24.4 Å². The Hall–Kier alpha value is -4.63. The van der Waals surface area contributed by atoms with Crippen LogP contribution >= 0.6 is 0 Å². The maximum absolute atomic E-state index is 13.1. The predicted molar refractivity (Wildman–Crippen MR) is 121 cm³/mol. The molecule has 0 bridgehead atoms. The van der Waals surface area contributed by atoms with Crippen molar-refractivity contribution in [2.45, 2.75) is 13.1 Å². The summed E-state index contributed by atoms with van der Waals surface area (Å²) in [6, 6.07) is 11.8. The summed E-state index contributed by atoms with van der Waals surface area (Å²) in [5, 5.41) is 16.6. The number of alkyl halides is 3. The summed E-state index contributed by atoms with van der Waals surface area (Å²) in [6.45, 7) is 1.19. The minimum absolute atomic E-state index is 0.0111. The number of benzene rings is 2. The lowest BCUT2D eigenvalue weighted by molar-refractivity contribution is -0.137. The molecule has 0 saturated heterocycles. The molecule has 0 saturated carbocycles. The van der Waals surface area contributed by atoms with E-state index in [2.05, 4.69) is 26.4 Å². The number of amides is 3. The second-order valence-corrected chi connectivity index (χ2v) is 6.93. The maximum Gasteiger partial charge on any atom is 0.416 e. The quantitative estimate of drug-likeness (QED) is 0.274. The minimum Gasteiger partial charge on any atom is -0.325 e. The third-order valence-corrected chi connectivity index (χ3v) is 4.56. The van der Waals surface area contributed by atoms with Gasteiger partial charge >= 0.3 is 12.2 Å². The molecule has 0 aliphatic rings. The SMILES string of the molecule is CC(=O)Nc1ccc(C(F)(F)F)cc1NC(=O)Nc1ccc(-c2ccnc(NN)c2C#N)cc1. The molecule has 174 valence electrons. The molecule has 0 fully saturated rings. The van der Waals surface area contributed by atoms with E-state index < -0.39 is 23.7 Å². The van der Waals surface area contributed by atoms with Crippen molar-refractivity contribution < 1.29 is 22.8 Å². The third-order valence-electron chi connectivity index (χ3n) is 4.56. The number of nitrogen functional groups attached to an aromatic ring is 1. The van der Waals surface area contributed by atoms with E-state index >= 15 is 0 Å². The smallest absolute Gasteiger partial charge is 0.325 e. The Bertz CT molecular complexity index is 1270. The summed E-state index contributed by atoms with van der Waals surface area (Å²) in [4.78, 5) is 27.8. The summed E-state index contributed by atoms with van der Waals surface area (Å²) in [5.74, 6) is 5.07. The van der Waals surface area contributed by atoms with Crippen LogP contribution in [0.1, 0.15) is 18.1 Å². The number of carbonyl (C=O) groups excluding carboxylic acids is 2. The van der Waals surface area contributed by atoms with Crippen LogP contribution in [0.25, 0.3) is 11.1 Å². The van der Waals surface area contributed by atoms with Crippen LogP contribution in [0, 0.1) is 11.3 Å². The molecule has 34 heavy (non-hydrogen) atoms. The number of hydrogen-bond donors (Lipinski definition) is 5. The van der Waals surface area contributed by atoms with Gasteiger partial charge in [-0.15, -0.1) is 0 Å². The molecule has 9 nitrogen and oxygen atoms in total. The molecule has 0 aliphatic carbocycles. The Morgan fingerprint density at radius 3 is 2.29 bits per heavy atom. The molecular weight excluding hydrogens is 451 g/mol. The van der Waals surface area contributed by atoms with E-state index in [4.69, 9.17) is 5.84 Å². The van der Waals surface area contributed by atoms with Crippen molar-refractivity contribution in [1.82, 2.24) is 4.98 Å². The molecule has 0 radical (unpaired) electrons. The standard InChI is InChI=1S/C22H18F3N7O2/c1-12(33)29-18-7-4-14(22(23,24)25)10-19(18)31-21(34)30-15-5-2-13(3-6-15)16-8-9-28-20(32-27)17(16)11-26/h2-10H,27H2,1H3,(H,28,32)(H,29,33)(H2,30,31,34). The van der Waals surface area contributed by atoms with Crippen molar-refractivity contribution in [1.29, 1.82) is 5.26 Å². The lowest BCUT2D eigenvalue weighted by atomic mass is 10.0. The van der Waals surface area contributed by atoms with Crippen LogP contribution in [0.2, 0.25) is 0 Å². The van der Waals surface area contributed by atoms with E-state index in [1.807, 2.05) is 6.07 Å². The van der Waals surface area contributed by atoms with Crippen molar-refractivity contribution in [2.24, 2.45) is 5.84 Å². The molecule has 0 atom stereocenters. The Kier molecular flexibility index (Phi) is 6.98. The normalized spacial score (nSPS) is 10.7. The van der Waals surface area contributed by atoms with E-state index in [9.17, 15) is 28.0 Å². The van der Waals surface area contributed by atoms with Crippen molar-refractivity contribution in [3.8, 4) is 17.2 Å². The van der Waals surface area contributed by atoms with E-state index in [-0.39, 0.29) is 22.8 Å². The monoisotopic (exact) mass is 469 g/mol. The second-order valence-electron chi connectivity index (χ2n) is 6.93. The highest BCUT2D eigenvalue weighted by atomic mass is 19.4. The van der Waals surface area contributed by atoms with E-state index in [0.717, 1.165) is 18.2 Å².